The highest BCUT2D eigenvalue weighted by atomic mass is 35.5. The molecular weight excluding hydrogens is 260 g/mol. The number of aromatic nitrogens is 1. The van der Waals surface area contributed by atoms with Crippen LogP contribution in [0.25, 0.3) is 0 Å². The van der Waals surface area contributed by atoms with E-state index in [1.165, 1.54) is 11.1 Å². The van der Waals surface area contributed by atoms with Gasteiger partial charge in [-0.15, -0.1) is 0 Å². The standard InChI is InChI=1S/C15H15ClN2O/c1-10-6-7-12(8-11(10)2)9-15(19)18-14-5-3-4-13(16)17-14/h3-8H,9H2,1-2H3,(H,17,18,19). The molecule has 0 aliphatic rings. The molecule has 0 bridgehead atoms. The van der Waals surface area contributed by atoms with Gasteiger partial charge in [-0.1, -0.05) is 35.9 Å². The van der Waals surface area contributed by atoms with Gasteiger partial charge in [0.05, 0.1) is 6.42 Å². The topological polar surface area (TPSA) is 42.0 Å². The van der Waals surface area contributed by atoms with Crippen LogP contribution in [0.2, 0.25) is 5.15 Å². The summed E-state index contributed by atoms with van der Waals surface area (Å²) in [5.41, 5.74) is 3.40. The Morgan fingerprint density at radius 1 is 1.21 bits per heavy atom. The monoisotopic (exact) mass is 274 g/mol. The Hall–Kier alpha value is -1.87. The van der Waals surface area contributed by atoms with E-state index in [1.54, 1.807) is 18.2 Å². The maximum absolute atomic E-state index is 11.9. The molecule has 0 aliphatic heterocycles. The molecule has 0 aliphatic carbocycles. The number of carbonyl (C=O) groups is 1. The van der Waals surface area contributed by atoms with E-state index >= 15 is 0 Å². The summed E-state index contributed by atoms with van der Waals surface area (Å²) in [6, 6.07) is 11.1. The largest absolute Gasteiger partial charge is 0.310 e. The van der Waals surface area contributed by atoms with Gasteiger partial charge in [-0.05, 0) is 42.7 Å². The fourth-order valence-corrected chi connectivity index (χ4v) is 1.93. The minimum atomic E-state index is -0.0991. The number of amides is 1. The third-order valence-corrected chi connectivity index (χ3v) is 3.13. The number of halogens is 1. The minimum absolute atomic E-state index is 0.0991. The third kappa shape index (κ3) is 3.80. The Kier molecular flexibility index (Phi) is 4.17. The van der Waals surface area contributed by atoms with Crippen molar-refractivity contribution in [1.82, 2.24) is 4.98 Å². The fourth-order valence-electron chi connectivity index (χ4n) is 1.76. The van der Waals surface area contributed by atoms with Crippen LogP contribution in [0.4, 0.5) is 5.82 Å². The first-order valence-electron chi connectivity index (χ1n) is 6.03. The van der Waals surface area contributed by atoms with Crippen LogP contribution in [0.1, 0.15) is 16.7 Å². The quantitative estimate of drug-likeness (QED) is 0.870. The van der Waals surface area contributed by atoms with E-state index in [0.29, 0.717) is 17.4 Å². The van der Waals surface area contributed by atoms with Crippen LogP contribution in [0.5, 0.6) is 0 Å². The lowest BCUT2D eigenvalue weighted by Crippen LogP contribution is -2.15. The third-order valence-electron chi connectivity index (χ3n) is 2.92. The molecule has 3 nitrogen and oxygen atoms in total. The van der Waals surface area contributed by atoms with Crippen molar-refractivity contribution >= 4 is 23.3 Å². The van der Waals surface area contributed by atoms with Gasteiger partial charge in [-0.3, -0.25) is 4.79 Å². The lowest BCUT2D eigenvalue weighted by molar-refractivity contribution is -0.115. The first-order chi connectivity index (χ1) is 9.04. The Balaban J connectivity index is 2.03. The van der Waals surface area contributed by atoms with Crippen molar-refractivity contribution in [2.24, 2.45) is 0 Å². The maximum Gasteiger partial charge on any atom is 0.229 e. The number of benzene rings is 1. The highest BCUT2D eigenvalue weighted by Crippen LogP contribution is 2.12. The summed E-state index contributed by atoms with van der Waals surface area (Å²) in [5.74, 6) is 0.374. The molecule has 98 valence electrons. The van der Waals surface area contributed by atoms with Crippen molar-refractivity contribution < 1.29 is 4.79 Å². The van der Waals surface area contributed by atoms with Crippen molar-refractivity contribution in [2.75, 3.05) is 5.32 Å². The molecule has 1 aromatic heterocycles. The molecule has 2 aromatic rings. The summed E-state index contributed by atoms with van der Waals surface area (Å²) in [5, 5.41) is 3.10. The number of pyridine rings is 1. The highest BCUT2D eigenvalue weighted by molar-refractivity contribution is 6.29. The second kappa shape index (κ2) is 5.85. The highest BCUT2D eigenvalue weighted by Gasteiger charge is 2.06. The molecule has 0 saturated heterocycles. The number of anilines is 1. The summed E-state index contributed by atoms with van der Waals surface area (Å²) < 4.78 is 0. The van der Waals surface area contributed by atoms with Crippen molar-refractivity contribution in [2.45, 2.75) is 20.3 Å². The first kappa shape index (κ1) is 13.6. The zero-order valence-corrected chi connectivity index (χ0v) is 11.7. The summed E-state index contributed by atoms with van der Waals surface area (Å²) in [7, 11) is 0. The fraction of sp³-hybridized carbons (Fsp3) is 0.200. The van der Waals surface area contributed by atoms with Crippen LogP contribution in [-0.4, -0.2) is 10.9 Å². The van der Waals surface area contributed by atoms with Crippen LogP contribution in [0.3, 0.4) is 0 Å². The summed E-state index contributed by atoms with van der Waals surface area (Å²) in [6.07, 6.45) is 0.329. The normalized spacial score (nSPS) is 10.3. The number of hydrogen-bond acceptors (Lipinski definition) is 2. The molecular formula is C15H15ClN2O. The summed E-state index contributed by atoms with van der Waals surface area (Å²) in [4.78, 5) is 15.9. The SMILES string of the molecule is Cc1ccc(CC(=O)Nc2cccc(Cl)n2)cc1C. The van der Waals surface area contributed by atoms with E-state index in [-0.39, 0.29) is 5.91 Å². The number of nitrogens with zero attached hydrogens (tertiary/aromatic N) is 1. The average Bonchev–Trinajstić information content (AvgIpc) is 2.34. The zero-order chi connectivity index (χ0) is 13.8. The van der Waals surface area contributed by atoms with Crippen molar-refractivity contribution in [3.63, 3.8) is 0 Å². The van der Waals surface area contributed by atoms with Crippen molar-refractivity contribution in [1.29, 1.82) is 0 Å². The molecule has 1 N–H and O–H groups in total. The maximum atomic E-state index is 11.9. The first-order valence-corrected chi connectivity index (χ1v) is 6.41. The van der Waals surface area contributed by atoms with E-state index in [9.17, 15) is 4.79 Å². The molecule has 0 fully saturated rings. The second-order valence-electron chi connectivity index (χ2n) is 4.49. The molecule has 0 radical (unpaired) electrons. The summed E-state index contributed by atoms with van der Waals surface area (Å²) in [6.45, 7) is 4.09. The van der Waals surface area contributed by atoms with Gasteiger partial charge in [-0.2, -0.15) is 0 Å². The molecule has 19 heavy (non-hydrogen) atoms. The molecule has 0 spiro atoms. The van der Waals surface area contributed by atoms with E-state index in [2.05, 4.69) is 17.2 Å². The van der Waals surface area contributed by atoms with Gasteiger partial charge in [0, 0.05) is 0 Å². The van der Waals surface area contributed by atoms with E-state index in [0.717, 1.165) is 5.56 Å². The Morgan fingerprint density at radius 2 is 2.00 bits per heavy atom. The van der Waals surface area contributed by atoms with Gasteiger partial charge in [0.1, 0.15) is 11.0 Å². The van der Waals surface area contributed by atoms with Gasteiger partial charge in [0.2, 0.25) is 5.91 Å². The molecule has 2 rings (SSSR count). The predicted octanol–water partition coefficient (Wildman–Crippen LogP) is 3.53. The van der Waals surface area contributed by atoms with E-state index < -0.39 is 0 Å². The Labute approximate surface area is 117 Å². The van der Waals surface area contributed by atoms with Crippen LogP contribution in [0.15, 0.2) is 36.4 Å². The Bertz CT molecular complexity index is 611. The minimum Gasteiger partial charge on any atom is -0.310 e. The van der Waals surface area contributed by atoms with Gasteiger partial charge in [-0.25, -0.2) is 4.98 Å². The zero-order valence-electron chi connectivity index (χ0n) is 10.9. The predicted molar refractivity (Wildman–Crippen MR) is 77.5 cm³/mol. The number of aryl methyl sites for hydroxylation is 2. The molecule has 0 atom stereocenters. The molecule has 1 amide bonds. The number of rotatable bonds is 3. The number of carbonyl (C=O) groups excluding carboxylic acids is 1. The smallest absolute Gasteiger partial charge is 0.229 e. The van der Waals surface area contributed by atoms with E-state index in [4.69, 9.17) is 11.6 Å². The van der Waals surface area contributed by atoms with Crippen LogP contribution < -0.4 is 5.32 Å². The lowest BCUT2D eigenvalue weighted by Gasteiger charge is -2.06. The summed E-state index contributed by atoms with van der Waals surface area (Å²) >= 11 is 5.76. The molecule has 1 heterocycles. The lowest BCUT2D eigenvalue weighted by atomic mass is 10.0. The molecule has 0 saturated carbocycles. The van der Waals surface area contributed by atoms with Crippen LogP contribution in [-0.2, 0) is 11.2 Å². The van der Waals surface area contributed by atoms with Gasteiger partial charge in [0.15, 0.2) is 0 Å². The van der Waals surface area contributed by atoms with Crippen molar-refractivity contribution in [3.05, 3.63) is 58.2 Å². The van der Waals surface area contributed by atoms with Gasteiger partial charge in [0.25, 0.3) is 0 Å². The molecule has 4 heteroatoms. The second-order valence-corrected chi connectivity index (χ2v) is 4.88. The van der Waals surface area contributed by atoms with Crippen LogP contribution in [0, 0.1) is 13.8 Å². The van der Waals surface area contributed by atoms with Gasteiger partial charge < -0.3 is 5.32 Å². The van der Waals surface area contributed by atoms with Gasteiger partial charge >= 0.3 is 0 Å². The Morgan fingerprint density at radius 3 is 2.68 bits per heavy atom. The number of hydrogen-bond donors (Lipinski definition) is 1. The average molecular weight is 275 g/mol. The van der Waals surface area contributed by atoms with Crippen molar-refractivity contribution in [3.8, 4) is 0 Å². The molecule has 1 aromatic carbocycles. The number of nitrogens with one attached hydrogen (secondary N) is 1. The van der Waals surface area contributed by atoms with E-state index in [1.807, 2.05) is 25.1 Å². The van der Waals surface area contributed by atoms with Crippen LogP contribution >= 0.6 is 11.6 Å². The molecule has 0 unspecified atom stereocenters.